The molecular formula is C24H24ClNO3. The van der Waals surface area contributed by atoms with Gasteiger partial charge in [0, 0.05) is 21.8 Å². The fourth-order valence-corrected chi connectivity index (χ4v) is 3.30. The molecular weight excluding hydrogens is 386 g/mol. The summed E-state index contributed by atoms with van der Waals surface area (Å²) in [6.45, 7) is 6.44. The van der Waals surface area contributed by atoms with Crippen molar-refractivity contribution in [3.63, 3.8) is 0 Å². The van der Waals surface area contributed by atoms with Crippen molar-refractivity contribution in [3.8, 4) is 11.5 Å². The highest BCUT2D eigenvalue weighted by molar-refractivity contribution is 6.30. The summed E-state index contributed by atoms with van der Waals surface area (Å²) < 4.78 is 11.5. The number of benzene rings is 3. The summed E-state index contributed by atoms with van der Waals surface area (Å²) >= 11 is 5.99. The smallest absolute Gasteiger partial charge is 0.255 e. The van der Waals surface area contributed by atoms with Crippen LogP contribution in [0, 0.1) is 20.8 Å². The third-order valence-electron chi connectivity index (χ3n) is 4.77. The molecule has 3 aromatic rings. The van der Waals surface area contributed by atoms with Crippen molar-refractivity contribution < 1.29 is 14.3 Å². The van der Waals surface area contributed by atoms with Crippen molar-refractivity contribution >= 4 is 23.2 Å². The Morgan fingerprint density at radius 1 is 1.00 bits per heavy atom. The Hall–Kier alpha value is -2.98. The Morgan fingerprint density at radius 2 is 1.79 bits per heavy atom. The number of carbonyl (C=O) groups is 1. The molecule has 0 heterocycles. The summed E-state index contributed by atoms with van der Waals surface area (Å²) in [7, 11) is 1.60. The van der Waals surface area contributed by atoms with Crippen molar-refractivity contribution in [1.29, 1.82) is 0 Å². The van der Waals surface area contributed by atoms with Gasteiger partial charge in [0.25, 0.3) is 5.91 Å². The number of carbonyl (C=O) groups excluding carboxylic acids is 1. The monoisotopic (exact) mass is 409 g/mol. The molecule has 0 fully saturated rings. The average Bonchev–Trinajstić information content (AvgIpc) is 2.69. The minimum Gasteiger partial charge on any atom is -0.496 e. The van der Waals surface area contributed by atoms with E-state index in [1.165, 1.54) is 5.56 Å². The molecule has 0 aliphatic heterocycles. The minimum absolute atomic E-state index is 0.223. The van der Waals surface area contributed by atoms with Crippen LogP contribution in [0.25, 0.3) is 0 Å². The van der Waals surface area contributed by atoms with Crippen molar-refractivity contribution in [2.45, 2.75) is 27.4 Å². The third-order valence-corrected chi connectivity index (χ3v) is 5.01. The van der Waals surface area contributed by atoms with Crippen LogP contribution in [0.2, 0.25) is 5.02 Å². The molecule has 3 aromatic carbocycles. The number of ether oxygens (including phenoxy) is 2. The second kappa shape index (κ2) is 9.01. The van der Waals surface area contributed by atoms with Crippen molar-refractivity contribution in [1.82, 2.24) is 0 Å². The zero-order chi connectivity index (χ0) is 21.0. The van der Waals surface area contributed by atoms with E-state index in [-0.39, 0.29) is 5.91 Å². The van der Waals surface area contributed by atoms with Gasteiger partial charge in [-0.2, -0.15) is 0 Å². The summed E-state index contributed by atoms with van der Waals surface area (Å²) in [5.41, 5.74) is 5.38. The van der Waals surface area contributed by atoms with Gasteiger partial charge in [0.1, 0.15) is 18.1 Å². The van der Waals surface area contributed by atoms with Gasteiger partial charge in [0.05, 0.1) is 7.11 Å². The molecule has 1 N–H and O–H groups in total. The number of nitrogens with one attached hydrogen (secondary N) is 1. The van der Waals surface area contributed by atoms with E-state index in [9.17, 15) is 4.79 Å². The normalized spacial score (nSPS) is 10.5. The first-order valence-corrected chi connectivity index (χ1v) is 9.69. The van der Waals surface area contributed by atoms with Crippen LogP contribution >= 0.6 is 11.6 Å². The summed E-state index contributed by atoms with van der Waals surface area (Å²) in [4.78, 5) is 12.7. The SMILES string of the molecule is COc1ccc(C(=O)Nc2cccc(Cl)c2)cc1COc1cc(C)cc(C)c1C. The number of rotatable bonds is 6. The molecule has 0 saturated carbocycles. The van der Waals surface area contributed by atoms with Crippen LogP contribution in [0.5, 0.6) is 11.5 Å². The summed E-state index contributed by atoms with van der Waals surface area (Å²) in [6.07, 6.45) is 0. The Kier molecular flexibility index (Phi) is 6.45. The molecule has 0 atom stereocenters. The number of aryl methyl sites for hydroxylation is 2. The lowest BCUT2D eigenvalue weighted by molar-refractivity contribution is 0.102. The van der Waals surface area contributed by atoms with Crippen LogP contribution in [-0.2, 0) is 6.61 Å². The number of amides is 1. The molecule has 0 bridgehead atoms. The molecule has 150 valence electrons. The average molecular weight is 410 g/mol. The predicted molar refractivity (Wildman–Crippen MR) is 117 cm³/mol. The molecule has 0 radical (unpaired) electrons. The third kappa shape index (κ3) is 5.09. The first kappa shape index (κ1) is 20.7. The molecule has 1 amide bonds. The van der Waals surface area contributed by atoms with Crippen LogP contribution in [0.4, 0.5) is 5.69 Å². The first-order chi connectivity index (χ1) is 13.9. The summed E-state index contributed by atoms with van der Waals surface area (Å²) in [5.74, 6) is 1.28. The molecule has 0 aliphatic rings. The lowest BCUT2D eigenvalue weighted by atomic mass is 10.1. The topological polar surface area (TPSA) is 47.6 Å². The lowest BCUT2D eigenvalue weighted by Gasteiger charge is -2.15. The van der Waals surface area contributed by atoms with Gasteiger partial charge in [-0.3, -0.25) is 4.79 Å². The Morgan fingerprint density at radius 3 is 2.52 bits per heavy atom. The van der Waals surface area contributed by atoms with E-state index in [2.05, 4.69) is 18.3 Å². The largest absolute Gasteiger partial charge is 0.496 e. The molecule has 0 spiro atoms. The van der Waals surface area contributed by atoms with Gasteiger partial charge < -0.3 is 14.8 Å². The first-order valence-electron chi connectivity index (χ1n) is 9.32. The van der Waals surface area contributed by atoms with Crippen LogP contribution in [-0.4, -0.2) is 13.0 Å². The highest BCUT2D eigenvalue weighted by atomic mass is 35.5. The Balaban J connectivity index is 1.81. The van der Waals surface area contributed by atoms with Crippen molar-refractivity contribution in [2.75, 3.05) is 12.4 Å². The number of anilines is 1. The van der Waals surface area contributed by atoms with Crippen LogP contribution < -0.4 is 14.8 Å². The Bertz CT molecular complexity index is 1050. The highest BCUT2D eigenvalue weighted by Crippen LogP contribution is 2.27. The maximum absolute atomic E-state index is 12.7. The van der Waals surface area contributed by atoms with E-state index in [0.29, 0.717) is 28.6 Å². The number of hydrogen-bond donors (Lipinski definition) is 1. The van der Waals surface area contributed by atoms with Crippen molar-refractivity contribution in [3.05, 3.63) is 87.4 Å². The number of hydrogen-bond acceptors (Lipinski definition) is 3. The van der Waals surface area contributed by atoms with E-state index in [1.807, 2.05) is 19.9 Å². The molecule has 0 aromatic heterocycles. The van der Waals surface area contributed by atoms with E-state index in [0.717, 1.165) is 22.4 Å². The van der Waals surface area contributed by atoms with Gasteiger partial charge in [-0.1, -0.05) is 23.7 Å². The summed E-state index contributed by atoms with van der Waals surface area (Å²) in [6, 6.07) is 16.5. The van der Waals surface area contributed by atoms with Crippen LogP contribution in [0.3, 0.4) is 0 Å². The molecule has 29 heavy (non-hydrogen) atoms. The van der Waals surface area contributed by atoms with Gasteiger partial charge in [0.15, 0.2) is 0 Å². The number of halogens is 1. The standard InChI is InChI=1S/C24H24ClNO3/c1-15-10-16(2)17(3)23(11-15)29-14-19-12-18(8-9-22(19)28-4)24(27)26-21-7-5-6-20(25)13-21/h5-13H,14H2,1-4H3,(H,26,27). The van der Waals surface area contributed by atoms with Crippen molar-refractivity contribution in [2.24, 2.45) is 0 Å². The van der Waals surface area contributed by atoms with Gasteiger partial charge in [-0.15, -0.1) is 0 Å². The second-order valence-electron chi connectivity index (χ2n) is 6.98. The molecule has 5 heteroatoms. The van der Waals surface area contributed by atoms with Crippen LogP contribution in [0.1, 0.15) is 32.6 Å². The fraction of sp³-hybridized carbons (Fsp3) is 0.208. The maximum Gasteiger partial charge on any atom is 0.255 e. The predicted octanol–water partition coefficient (Wildman–Crippen LogP) is 6.11. The zero-order valence-corrected chi connectivity index (χ0v) is 17.8. The molecule has 3 rings (SSSR count). The van der Waals surface area contributed by atoms with E-state index in [1.54, 1.807) is 49.6 Å². The quantitative estimate of drug-likeness (QED) is 0.534. The molecule has 4 nitrogen and oxygen atoms in total. The van der Waals surface area contributed by atoms with Gasteiger partial charge >= 0.3 is 0 Å². The van der Waals surface area contributed by atoms with E-state index in [4.69, 9.17) is 21.1 Å². The summed E-state index contributed by atoms with van der Waals surface area (Å²) in [5, 5.41) is 3.42. The molecule has 0 unspecified atom stereocenters. The minimum atomic E-state index is -0.223. The van der Waals surface area contributed by atoms with Gasteiger partial charge in [0.2, 0.25) is 0 Å². The fourth-order valence-electron chi connectivity index (χ4n) is 3.11. The second-order valence-corrected chi connectivity index (χ2v) is 7.42. The molecule has 0 saturated heterocycles. The van der Waals surface area contributed by atoms with Crippen LogP contribution in [0.15, 0.2) is 54.6 Å². The zero-order valence-electron chi connectivity index (χ0n) is 17.0. The Labute approximate surface area is 176 Å². The van der Waals surface area contributed by atoms with E-state index < -0.39 is 0 Å². The van der Waals surface area contributed by atoms with Gasteiger partial charge in [-0.05, 0) is 79.9 Å². The lowest BCUT2D eigenvalue weighted by Crippen LogP contribution is -2.13. The highest BCUT2D eigenvalue weighted by Gasteiger charge is 2.13. The number of methoxy groups -OCH3 is 1. The molecule has 0 aliphatic carbocycles. The van der Waals surface area contributed by atoms with Gasteiger partial charge in [-0.25, -0.2) is 0 Å². The maximum atomic E-state index is 12.7. The van der Waals surface area contributed by atoms with E-state index >= 15 is 0 Å².